The molecule has 2 N–H and O–H groups in total. The molecule has 0 aromatic heterocycles. The molecule has 0 aliphatic rings. The van der Waals surface area contributed by atoms with E-state index in [1.807, 2.05) is 0 Å². The lowest BCUT2D eigenvalue weighted by Gasteiger charge is -2.30. The molecule has 0 spiro atoms. The second-order valence-corrected chi connectivity index (χ2v) is 5.38. The molecule has 5 nitrogen and oxygen atoms in total. The Bertz CT molecular complexity index is 476. The fourth-order valence-corrected chi connectivity index (χ4v) is 1.56. The summed E-state index contributed by atoms with van der Waals surface area (Å²) in [6, 6.07) is 2.57. The number of nitro benzene ring substituents is 1. The minimum Gasteiger partial charge on any atom is -0.391 e. The Labute approximate surface area is 115 Å². The molecule has 18 heavy (non-hydrogen) atoms. The highest BCUT2D eigenvalue weighted by Gasteiger charge is 2.27. The van der Waals surface area contributed by atoms with Crippen LogP contribution in [0.3, 0.4) is 0 Å². The van der Waals surface area contributed by atoms with Gasteiger partial charge in [0.1, 0.15) is 5.69 Å². The van der Waals surface area contributed by atoms with E-state index in [4.69, 9.17) is 23.2 Å². The van der Waals surface area contributed by atoms with E-state index >= 15 is 0 Å². The molecule has 1 unspecified atom stereocenters. The summed E-state index contributed by atoms with van der Waals surface area (Å²) in [5.41, 5.74) is -0.694. The molecule has 1 aromatic carbocycles. The van der Waals surface area contributed by atoms with Crippen LogP contribution in [0, 0.1) is 10.1 Å². The fourth-order valence-electron chi connectivity index (χ4n) is 1.24. The third kappa shape index (κ3) is 3.25. The van der Waals surface area contributed by atoms with Crippen molar-refractivity contribution in [2.45, 2.75) is 32.4 Å². The number of benzene rings is 1. The number of hydrogen-bond acceptors (Lipinski definition) is 4. The number of nitrogens with one attached hydrogen (secondary N) is 1. The van der Waals surface area contributed by atoms with Crippen LogP contribution in [0.2, 0.25) is 10.0 Å². The molecule has 100 valence electrons. The van der Waals surface area contributed by atoms with Crippen molar-refractivity contribution >= 4 is 34.6 Å². The monoisotopic (exact) mass is 292 g/mol. The number of nitrogens with zero attached hydrogens (tertiary/aromatic N) is 1. The zero-order chi connectivity index (χ0) is 14.1. The van der Waals surface area contributed by atoms with E-state index < -0.39 is 16.6 Å². The molecule has 0 bridgehead atoms. The van der Waals surface area contributed by atoms with Crippen LogP contribution in [0.25, 0.3) is 0 Å². The summed E-state index contributed by atoms with van der Waals surface area (Å²) < 4.78 is 0. The van der Waals surface area contributed by atoms with Gasteiger partial charge in [-0.15, -0.1) is 0 Å². The molecule has 0 saturated carbocycles. The van der Waals surface area contributed by atoms with Crippen LogP contribution in [0.1, 0.15) is 20.8 Å². The fraction of sp³-hybridized carbons (Fsp3) is 0.455. The van der Waals surface area contributed by atoms with Gasteiger partial charge in [-0.25, -0.2) is 0 Å². The molecule has 0 amide bonds. The van der Waals surface area contributed by atoms with E-state index in [2.05, 4.69) is 5.32 Å². The number of anilines is 1. The first-order valence-corrected chi connectivity index (χ1v) is 6.00. The van der Waals surface area contributed by atoms with Crippen molar-refractivity contribution in [2.75, 3.05) is 5.32 Å². The van der Waals surface area contributed by atoms with Gasteiger partial charge < -0.3 is 10.4 Å². The first-order chi connectivity index (χ1) is 8.15. The summed E-state index contributed by atoms with van der Waals surface area (Å²) in [4.78, 5) is 10.4. The topological polar surface area (TPSA) is 75.4 Å². The number of hydrogen-bond donors (Lipinski definition) is 2. The van der Waals surface area contributed by atoms with Gasteiger partial charge in [0.25, 0.3) is 5.69 Å². The molecule has 0 fully saturated rings. The minimum atomic E-state index is -0.734. The summed E-state index contributed by atoms with van der Waals surface area (Å²) in [6.07, 6.45) is -0.702. The molecular formula is C11H14Cl2N2O3. The molecule has 0 radical (unpaired) electrons. The number of halogens is 2. The molecular weight excluding hydrogens is 279 g/mol. The maximum Gasteiger partial charge on any atom is 0.293 e. The SMILES string of the molecule is CC(O)C(C)(C)Nc1cc(Cl)c(Cl)cc1[N+](=O)[O-]. The third-order valence-corrected chi connectivity index (χ3v) is 3.46. The third-order valence-electron chi connectivity index (χ3n) is 2.74. The number of aliphatic hydroxyl groups is 1. The molecule has 1 aromatic rings. The van der Waals surface area contributed by atoms with Crippen LogP contribution in [-0.4, -0.2) is 21.7 Å². The van der Waals surface area contributed by atoms with Crippen molar-refractivity contribution in [2.24, 2.45) is 0 Å². The first kappa shape index (κ1) is 15.0. The smallest absolute Gasteiger partial charge is 0.293 e. The molecule has 0 aliphatic heterocycles. The van der Waals surface area contributed by atoms with E-state index in [9.17, 15) is 15.2 Å². The van der Waals surface area contributed by atoms with Gasteiger partial charge in [0.05, 0.1) is 26.6 Å². The van der Waals surface area contributed by atoms with Crippen LogP contribution in [0.15, 0.2) is 12.1 Å². The average Bonchev–Trinajstić information content (AvgIpc) is 2.22. The van der Waals surface area contributed by atoms with Crippen molar-refractivity contribution in [1.29, 1.82) is 0 Å². The van der Waals surface area contributed by atoms with Gasteiger partial charge in [-0.3, -0.25) is 10.1 Å². The van der Waals surface area contributed by atoms with Gasteiger partial charge in [0.15, 0.2) is 0 Å². The normalized spacial score (nSPS) is 13.2. The largest absolute Gasteiger partial charge is 0.391 e. The summed E-state index contributed by atoms with van der Waals surface area (Å²) in [5.74, 6) is 0. The minimum absolute atomic E-state index is 0.115. The first-order valence-electron chi connectivity index (χ1n) is 5.25. The van der Waals surface area contributed by atoms with E-state index in [1.54, 1.807) is 20.8 Å². The Morgan fingerprint density at radius 3 is 2.33 bits per heavy atom. The predicted octanol–water partition coefficient (Wildman–Crippen LogP) is 3.47. The summed E-state index contributed by atoms with van der Waals surface area (Å²) in [6.45, 7) is 5.05. The van der Waals surface area contributed by atoms with Crippen LogP contribution in [-0.2, 0) is 0 Å². The van der Waals surface area contributed by atoms with E-state index in [0.29, 0.717) is 0 Å². The zero-order valence-corrected chi connectivity index (χ0v) is 11.7. The molecule has 0 heterocycles. The van der Waals surface area contributed by atoms with Gasteiger partial charge in [-0.1, -0.05) is 23.2 Å². The maximum atomic E-state index is 10.9. The standard InChI is InChI=1S/C11H14Cl2N2O3/c1-6(16)11(2,3)14-9-4-7(12)8(13)5-10(9)15(17)18/h4-6,14,16H,1-3H3. The Kier molecular flexibility index (Phi) is 4.42. The Morgan fingerprint density at radius 1 is 1.39 bits per heavy atom. The Balaban J connectivity index is 3.23. The number of aliphatic hydroxyl groups excluding tert-OH is 1. The Hall–Kier alpha value is -1.04. The van der Waals surface area contributed by atoms with E-state index in [-0.39, 0.29) is 21.4 Å². The van der Waals surface area contributed by atoms with E-state index in [1.165, 1.54) is 12.1 Å². The van der Waals surface area contributed by atoms with E-state index in [0.717, 1.165) is 0 Å². The lowest BCUT2D eigenvalue weighted by atomic mass is 9.98. The van der Waals surface area contributed by atoms with Crippen LogP contribution in [0.5, 0.6) is 0 Å². The maximum absolute atomic E-state index is 10.9. The summed E-state index contributed by atoms with van der Waals surface area (Å²) in [5, 5.41) is 23.8. The lowest BCUT2D eigenvalue weighted by molar-refractivity contribution is -0.384. The quantitative estimate of drug-likeness (QED) is 0.658. The van der Waals surface area contributed by atoms with Gasteiger partial charge in [-0.2, -0.15) is 0 Å². The van der Waals surface area contributed by atoms with Gasteiger partial charge in [0.2, 0.25) is 0 Å². The summed E-state index contributed by atoms with van der Waals surface area (Å²) in [7, 11) is 0. The second kappa shape index (κ2) is 5.30. The summed E-state index contributed by atoms with van der Waals surface area (Å²) >= 11 is 11.6. The van der Waals surface area contributed by atoms with Crippen molar-refractivity contribution in [3.05, 3.63) is 32.3 Å². The molecule has 7 heteroatoms. The predicted molar refractivity (Wildman–Crippen MR) is 72.5 cm³/mol. The molecule has 0 saturated heterocycles. The van der Waals surface area contributed by atoms with Crippen molar-refractivity contribution in [1.82, 2.24) is 0 Å². The average molecular weight is 293 g/mol. The van der Waals surface area contributed by atoms with Gasteiger partial charge in [-0.05, 0) is 26.8 Å². The highest BCUT2D eigenvalue weighted by atomic mass is 35.5. The van der Waals surface area contributed by atoms with Gasteiger partial charge in [0, 0.05) is 6.07 Å². The number of rotatable bonds is 4. The van der Waals surface area contributed by atoms with Crippen molar-refractivity contribution < 1.29 is 10.0 Å². The molecule has 1 atom stereocenters. The highest BCUT2D eigenvalue weighted by Crippen LogP contribution is 2.35. The zero-order valence-electron chi connectivity index (χ0n) is 10.2. The van der Waals surface area contributed by atoms with Crippen molar-refractivity contribution in [3.8, 4) is 0 Å². The second-order valence-electron chi connectivity index (χ2n) is 4.56. The molecule has 0 aliphatic carbocycles. The van der Waals surface area contributed by atoms with Crippen LogP contribution >= 0.6 is 23.2 Å². The number of nitro groups is 1. The Morgan fingerprint density at radius 2 is 1.89 bits per heavy atom. The lowest BCUT2D eigenvalue weighted by Crippen LogP contribution is -2.42. The van der Waals surface area contributed by atoms with Crippen LogP contribution < -0.4 is 5.32 Å². The highest BCUT2D eigenvalue weighted by molar-refractivity contribution is 6.42. The molecule has 1 rings (SSSR count). The van der Waals surface area contributed by atoms with Crippen molar-refractivity contribution in [3.63, 3.8) is 0 Å². The van der Waals surface area contributed by atoms with Gasteiger partial charge >= 0.3 is 0 Å². The van der Waals surface area contributed by atoms with Crippen LogP contribution in [0.4, 0.5) is 11.4 Å².